The number of halogens is 1. The van der Waals surface area contributed by atoms with Crippen molar-refractivity contribution in [3.05, 3.63) is 71.5 Å². The first-order chi connectivity index (χ1) is 16.6. The molecule has 3 aliphatic rings. The molecule has 0 radical (unpaired) electrons. The van der Waals surface area contributed by atoms with Crippen molar-refractivity contribution in [2.24, 2.45) is 0 Å². The number of hydrogen-bond acceptors (Lipinski definition) is 3. The highest BCUT2D eigenvalue weighted by atomic mass is 19.1. The molecule has 2 atom stereocenters. The summed E-state index contributed by atoms with van der Waals surface area (Å²) in [6.45, 7) is 2.03. The minimum atomic E-state index is -0.586. The standard InChI is InChI=1S/C28H33FN2O3/c29-23-11-5-4-8-21(23)20-31-25-14-17-30(24(25)12-6-7-13-26(31)32)27(33)28(15-18-34-19-16-28)22-9-2-1-3-10-22/h1-5,8-11,24-25H,6-7,12-20H2/t24-,25+/m1/s1. The SMILES string of the molecule is O=C1CCCC[C@@H]2[C@H](CCN2C(=O)C2(c3ccccc3)CCOCC2)N1Cc1ccccc1F. The summed E-state index contributed by atoms with van der Waals surface area (Å²) in [7, 11) is 0. The Balaban J connectivity index is 1.45. The van der Waals surface area contributed by atoms with Crippen molar-refractivity contribution in [1.29, 1.82) is 0 Å². The number of rotatable bonds is 4. The first kappa shape index (κ1) is 23.0. The van der Waals surface area contributed by atoms with Gasteiger partial charge in [-0.2, -0.15) is 0 Å². The summed E-state index contributed by atoms with van der Waals surface area (Å²) in [6, 6.07) is 16.7. The lowest BCUT2D eigenvalue weighted by molar-refractivity contribution is -0.145. The van der Waals surface area contributed by atoms with E-state index in [4.69, 9.17) is 4.74 Å². The molecule has 5 rings (SSSR count). The Labute approximate surface area is 200 Å². The number of benzene rings is 2. The lowest BCUT2D eigenvalue weighted by Gasteiger charge is -2.43. The predicted octanol–water partition coefficient (Wildman–Crippen LogP) is 4.45. The maximum atomic E-state index is 14.5. The first-order valence-corrected chi connectivity index (χ1v) is 12.6. The van der Waals surface area contributed by atoms with Crippen LogP contribution in [0.25, 0.3) is 0 Å². The molecule has 0 unspecified atom stereocenters. The van der Waals surface area contributed by atoms with Crippen LogP contribution in [0.4, 0.5) is 4.39 Å². The summed E-state index contributed by atoms with van der Waals surface area (Å²) in [5, 5.41) is 0. The van der Waals surface area contributed by atoms with Gasteiger partial charge in [0.15, 0.2) is 0 Å². The molecule has 3 aliphatic heterocycles. The normalized spacial score (nSPS) is 24.9. The van der Waals surface area contributed by atoms with E-state index in [1.54, 1.807) is 12.1 Å². The van der Waals surface area contributed by atoms with E-state index < -0.39 is 5.41 Å². The molecule has 34 heavy (non-hydrogen) atoms. The van der Waals surface area contributed by atoms with E-state index in [9.17, 15) is 14.0 Å². The third-order valence-corrected chi connectivity index (χ3v) is 8.01. The van der Waals surface area contributed by atoms with Crippen LogP contribution < -0.4 is 0 Å². The van der Waals surface area contributed by atoms with Crippen LogP contribution in [0.15, 0.2) is 54.6 Å². The Bertz CT molecular complexity index is 1020. The minimum absolute atomic E-state index is 0.0352. The van der Waals surface area contributed by atoms with E-state index in [-0.39, 0.29) is 36.3 Å². The van der Waals surface area contributed by atoms with Crippen LogP contribution in [-0.2, 0) is 26.3 Å². The van der Waals surface area contributed by atoms with Crippen molar-refractivity contribution in [2.45, 2.75) is 69.0 Å². The number of ether oxygens (including phenoxy) is 1. The van der Waals surface area contributed by atoms with E-state index >= 15 is 0 Å². The van der Waals surface area contributed by atoms with Gasteiger partial charge >= 0.3 is 0 Å². The monoisotopic (exact) mass is 464 g/mol. The molecule has 3 saturated heterocycles. The smallest absolute Gasteiger partial charge is 0.233 e. The molecule has 5 nitrogen and oxygen atoms in total. The van der Waals surface area contributed by atoms with Crippen molar-refractivity contribution >= 4 is 11.8 Å². The number of carbonyl (C=O) groups is 2. The van der Waals surface area contributed by atoms with Gasteiger partial charge in [-0.1, -0.05) is 55.0 Å². The molecule has 0 aromatic heterocycles. The zero-order valence-corrected chi connectivity index (χ0v) is 19.6. The highest BCUT2D eigenvalue weighted by Gasteiger charge is 2.50. The summed E-state index contributed by atoms with van der Waals surface area (Å²) >= 11 is 0. The van der Waals surface area contributed by atoms with Crippen LogP contribution in [0.5, 0.6) is 0 Å². The Morgan fingerprint density at radius 1 is 0.971 bits per heavy atom. The van der Waals surface area contributed by atoms with Crippen LogP contribution in [0.3, 0.4) is 0 Å². The topological polar surface area (TPSA) is 49.9 Å². The van der Waals surface area contributed by atoms with Crippen molar-refractivity contribution in [3.63, 3.8) is 0 Å². The van der Waals surface area contributed by atoms with Gasteiger partial charge in [0.2, 0.25) is 11.8 Å². The van der Waals surface area contributed by atoms with Gasteiger partial charge in [-0.05, 0) is 43.7 Å². The third kappa shape index (κ3) is 4.24. The molecule has 2 aromatic carbocycles. The number of hydrogen-bond donors (Lipinski definition) is 0. The maximum absolute atomic E-state index is 14.5. The molecule has 0 saturated carbocycles. The lowest BCUT2D eigenvalue weighted by Crippen LogP contribution is -2.55. The number of nitrogens with zero attached hydrogens (tertiary/aromatic N) is 2. The highest BCUT2D eigenvalue weighted by molar-refractivity contribution is 5.89. The highest BCUT2D eigenvalue weighted by Crippen LogP contribution is 2.40. The summed E-state index contributed by atoms with van der Waals surface area (Å²) in [4.78, 5) is 31.4. The van der Waals surface area contributed by atoms with Crippen molar-refractivity contribution in [1.82, 2.24) is 9.80 Å². The summed E-state index contributed by atoms with van der Waals surface area (Å²) < 4.78 is 20.1. The van der Waals surface area contributed by atoms with E-state index in [1.807, 2.05) is 29.2 Å². The molecule has 3 heterocycles. The largest absolute Gasteiger partial charge is 0.381 e. The number of fused-ring (bicyclic) bond motifs is 1. The zero-order chi connectivity index (χ0) is 23.5. The summed E-state index contributed by atoms with van der Waals surface area (Å²) in [5.74, 6) is -0.0606. The van der Waals surface area contributed by atoms with Gasteiger partial charge in [0.1, 0.15) is 5.82 Å². The third-order valence-electron chi connectivity index (χ3n) is 8.01. The van der Waals surface area contributed by atoms with Crippen LogP contribution >= 0.6 is 0 Å². The predicted molar refractivity (Wildman–Crippen MR) is 127 cm³/mol. The van der Waals surface area contributed by atoms with Gasteiger partial charge < -0.3 is 14.5 Å². The summed E-state index contributed by atoms with van der Waals surface area (Å²) in [6.07, 6.45) is 5.15. The quantitative estimate of drug-likeness (QED) is 0.672. The second kappa shape index (κ2) is 9.87. The van der Waals surface area contributed by atoms with Crippen molar-refractivity contribution < 1.29 is 18.7 Å². The molecular formula is C28H33FN2O3. The fourth-order valence-electron chi connectivity index (χ4n) is 6.15. The Kier molecular flexibility index (Phi) is 6.68. The number of amides is 2. The van der Waals surface area contributed by atoms with E-state index in [2.05, 4.69) is 17.0 Å². The zero-order valence-electron chi connectivity index (χ0n) is 19.6. The molecule has 0 bridgehead atoms. The average molecular weight is 465 g/mol. The lowest BCUT2D eigenvalue weighted by atomic mass is 9.72. The molecule has 0 spiro atoms. The molecule has 0 N–H and O–H groups in total. The second-order valence-corrected chi connectivity index (χ2v) is 9.84. The van der Waals surface area contributed by atoms with Crippen molar-refractivity contribution in [2.75, 3.05) is 19.8 Å². The first-order valence-electron chi connectivity index (χ1n) is 12.6. The molecule has 2 aromatic rings. The molecular weight excluding hydrogens is 431 g/mol. The maximum Gasteiger partial charge on any atom is 0.233 e. The van der Waals surface area contributed by atoms with Crippen LogP contribution in [0, 0.1) is 5.82 Å². The van der Waals surface area contributed by atoms with Gasteiger partial charge in [-0.3, -0.25) is 9.59 Å². The number of likely N-dealkylation sites (tertiary alicyclic amines) is 2. The van der Waals surface area contributed by atoms with E-state index in [0.29, 0.717) is 44.6 Å². The molecule has 3 fully saturated rings. The van der Waals surface area contributed by atoms with Crippen LogP contribution in [-0.4, -0.2) is 53.5 Å². The average Bonchev–Trinajstić information content (AvgIpc) is 3.28. The Hall–Kier alpha value is -2.73. The van der Waals surface area contributed by atoms with Gasteiger partial charge in [0.25, 0.3) is 0 Å². The van der Waals surface area contributed by atoms with Gasteiger partial charge in [-0.15, -0.1) is 0 Å². The molecule has 0 aliphatic carbocycles. The molecule has 180 valence electrons. The van der Waals surface area contributed by atoms with Gasteiger partial charge in [0.05, 0.1) is 17.5 Å². The minimum Gasteiger partial charge on any atom is -0.381 e. The van der Waals surface area contributed by atoms with Gasteiger partial charge in [-0.25, -0.2) is 4.39 Å². The molecule has 6 heteroatoms. The fraction of sp³-hybridized carbons (Fsp3) is 0.500. The molecule has 2 amide bonds. The van der Waals surface area contributed by atoms with E-state index in [0.717, 1.165) is 31.2 Å². The Morgan fingerprint density at radius 2 is 1.71 bits per heavy atom. The van der Waals surface area contributed by atoms with Gasteiger partial charge in [0, 0.05) is 38.3 Å². The second-order valence-electron chi connectivity index (χ2n) is 9.84. The van der Waals surface area contributed by atoms with Crippen LogP contribution in [0.1, 0.15) is 56.1 Å². The Morgan fingerprint density at radius 3 is 2.47 bits per heavy atom. The van der Waals surface area contributed by atoms with Crippen LogP contribution in [0.2, 0.25) is 0 Å². The van der Waals surface area contributed by atoms with Crippen molar-refractivity contribution in [3.8, 4) is 0 Å². The fourth-order valence-corrected chi connectivity index (χ4v) is 6.15. The summed E-state index contributed by atoms with van der Waals surface area (Å²) in [5.41, 5.74) is 0.999. The van der Waals surface area contributed by atoms with E-state index in [1.165, 1.54) is 6.07 Å². The number of carbonyl (C=O) groups excluding carboxylic acids is 2.